The predicted octanol–water partition coefficient (Wildman–Crippen LogP) is 1.21. The Balaban J connectivity index is 1.43. The van der Waals surface area contributed by atoms with Crippen molar-refractivity contribution in [3.8, 4) is 0 Å². The molecule has 0 radical (unpaired) electrons. The van der Waals surface area contributed by atoms with Gasteiger partial charge in [0.25, 0.3) is 5.91 Å². The Morgan fingerprint density at radius 2 is 1.60 bits per heavy atom. The molecular formula is C21H15N3O6. The summed E-state index contributed by atoms with van der Waals surface area (Å²) in [6, 6.07) is 11.0. The van der Waals surface area contributed by atoms with Gasteiger partial charge in [-0.1, -0.05) is 24.3 Å². The minimum Gasteiger partial charge on any atom is -0.451 e. The third-order valence-corrected chi connectivity index (χ3v) is 4.68. The third kappa shape index (κ3) is 3.60. The number of esters is 1. The maximum Gasteiger partial charge on any atom is 0.355 e. The lowest BCUT2D eigenvalue weighted by atomic mass is 9.84. The van der Waals surface area contributed by atoms with E-state index in [-0.39, 0.29) is 52.8 Å². The van der Waals surface area contributed by atoms with Gasteiger partial charge in [0.1, 0.15) is 5.71 Å². The third-order valence-electron chi connectivity index (χ3n) is 4.68. The predicted molar refractivity (Wildman–Crippen MR) is 104 cm³/mol. The molecule has 0 spiro atoms. The minimum absolute atomic E-state index is 0.0268. The zero-order valence-corrected chi connectivity index (χ0v) is 15.6. The van der Waals surface area contributed by atoms with Gasteiger partial charge in [-0.05, 0) is 18.2 Å². The van der Waals surface area contributed by atoms with Gasteiger partial charge in [-0.2, -0.15) is 5.10 Å². The fraction of sp³-hybridized carbons (Fsp3) is 0.143. The minimum atomic E-state index is -0.798. The van der Waals surface area contributed by atoms with Gasteiger partial charge in [0.05, 0.1) is 0 Å². The summed E-state index contributed by atoms with van der Waals surface area (Å²) >= 11 is 0. The van der Waals surface area contributed by atoms with Crippen molar-refractivity contribution in [2.45, 2.75) is 12.8 Å². The number of hydrogen-bond donors (Lipinski definition) is 2. The van der Waals surface area contributed by atoms with E-state index in [0.717, 1.165) is 0 Å². The van der Waals surface area contributed by atoms with Gasteiger partial charge in [0, 0.05) is 40.8 Å². The molecule has 2 aromatic rings. The SMILES string of the molecule is O=C1CCC(C(=O)OCC(=O)Nc2ccc3c(c2)C(=O)c2ccccc2C3=O)=NN1. The van der Waals surface area contributed by atoms with Crippen molar-refractivity contribution in [3.63, 3.8) is 0 Å². The molecule has 1 aliphatic carbocycles. The van der Waals surface area contributed by atoms with Crippen LogP contribution in [0.4, 0.5) is 5.69 Å². The fourth-order valence-electron chi connectivity index (χ4n) is 3.21. The van der Waals surface area contributed by atoms with E-state index in [4.69, 9.17) is 4.74 Å². The molecule has 0 unspecified atom stereocenters. The molecule has 1 aliphatic heterocycles. The van der Waals surface area contributed by atoms with Gasteiger partial charge in [-0.25, -0.2) is 10.2 Å². The summed E-state index contributed by atoms with van der Waals surface area (Å²) in [5.41, 5.74) is 3.61. The summed E-state index contributed by atoms with van der Waals surface area (Å²) in [5.74, 6) is -2.29. The lowest BCUT2D eigenvalue weighted by Gasteiger charge is -2.18. The lowest BCUT2D eigenvalue weighted by Crippen LogP contribution is -2.32. The number of anilines is 1. The first kappa shape index (κ1) is 19.2. The smallest absolute Gasteiger partial charge is 0.355 e. The molecule has 2 N–H and O–H groups in total. The average molecular weight is 405 g/mol. The van der Waals surface area contributed by atoms with E-state index in [0.29, 0.717) is 11.1 Å². The number of fused-ring (bicyclic) bond motifs is 2. The number of rotatable bonds is 4. The number of benzene rings is 2. The molecule has 0 fully saturated rings. The molecule has 2 amide bonds. The molecule has 2 aliphatic rings. The van der Waals surface area contributed by atoms with Gasteiger partial charge in [-0.15, -0.1) is 0 Å². The number of hydrogen-bond acceptors (Lipinski definition) is 7. The second-order valence-electron chi connectivity index (χ2n) is 6.68. The van der Waals surface area contributed by atoms with Gasteiger partial charge in [0.15, 0.2) is 18.2 Å². The molecule has 0 saturated carbocycles. The number of ether oxygens (including phenoxy) is 1. The molecule has 4 rings (SSSR count). The van der Waals surface area contributed by atoms with Crippen LogP contribution in [0.1, 0.15) is 44.7 Å². The van der Waals surface area contributed by atoms with Crippen LogP contribution in [0, 0.1) is 0 Å². The van der Waals surface area contributed by atoms with Crippen LogP contribution in [0.25, 0.3) is 0 Å². The van der Waals surface area contributed by atoms with Crippen LogP contribution in [0.3, 0.4) is 0 Å². The van der Waals surface area contributed by atoms with Crippen molar-refractivity contribution in [2.24, 2.45) is 5.10 Å². The lowest BCUT2D eigenvalue weighted by molar-refractivity contribution is -0.140. The Bertz CT molecular complexity index is 1150. The first-order valence-electron chi connectivity index (χ1n) is 9.09. The Hall–Kier alpha value is -4.14. The number of ketones is 2. The number of carbonyl (C=O) groups is 5. The second kappa shape index (κ2) is 7.70. The number of hydrazone groups is 1. The Labute approximate surface area is 170 Å². The highest BCUT2D eigenvalue weighted by molar-refractivity contribution is 6.37. The summed E-state index contributed by atoms with van der Waals surface area (Å²) in [7, 11) is 0. The van der Waals surface area contributed by atoms with Crippen molar-refractivity contribution in [2.75, 3.05) is 11.9 Å². The van der Waals surface area contributed by atoms with Crippen LogP contribution < -0.4 is 10.7 Å². The summed E-state index contributed by atoms with van der Waals surface area (Å²) in [5, 5.41) is 6.12. The number of nitrogens with zero attached hydrogens (tertiary/aromatic N) is 1. The summed E-state index contributed by atoms with van der Waals surface area (Å²) < 4.78 is 4.89. The zero-order chi connectivity index (χ0) is 21.3. The van der Waals surface area contributed by atoms with Crippen LogP contribution in [-0.2, 0) is 19.1 Å². The van der Waals surface area contributed by atoms with E-state index >= 15 is 0 Å². The van der Waals surface area contributed by atoms with Crippen LogP contribution >= 0.6 is 0 Å². The van der Waals surface area contributed by atoms with Gasteiger partial charge in [0.2, 0.25) is 5.91 Å². The zero-order valence-electron chi connectivity index (χ0n) is 15.6. The average Bonchev–Trinajstić information content (AvgIpc) is 2.76. The van der Waals surface area contributed by atoms with Crippen molar-refractivity contribution in [1.82, 2.24) is 5.43 Å². The van der Waals surface area contributed by atoms with E-state index in [9.17, 15) is 24.0 Å². The summed E-state index contributed by atoms with van der Waals surface area (Å²) in [4.78, 5) is 60.4. The standard InChI is InChI=1S/C21H15N3O6/c25-17-8-7-16(23-24-17)21(29)30-10-18(26)22-11-5-6-14-15(9-11)20(28)13-4-2-1-3-12(13)19(14)27/h1-6,9H,7-8,10H2,(H,22,26)(H,24,25). The number of amides is 2. The Kier molecular flexibility index (Phi) is 4.93. The van der Waals surface area contributed by atoms with Crippen LogP contribution in [0.2, 0.25) is 0 Å². The van der Waals surface area contributed by atoms with Crippen LogP contribution in [-0.4, -0.2) is 41.7 Å². The highest BCUT2D eigenvalue weighted by Gasteiger charge is 2.29. The summed E-state index contributed by atoms with van der Waals surface area (Å²) in [6.45, 7) is -0.571. The largest absolute Gasteiger partial charge is 0.451 e. The molecular weight excluding hydrogens is 390 g/mol. The van der Waals surface area contributed by atoms with Crippen LogP contribution in [0.5, 0.6) is 0 Å². The number of carbonyl (C=O) groups excluding carboxylic acids is 5. The van der Waals surface area contributed by atoms with Gasteiger partial charge in [-0.3, -0.25) is 19.2 Å². The molecule has 0 saturated heterocycles. The Morgan fingerprint density at radius 3 is 2.27 bits per heavy atom. The first-order chi connectivity index (χ1) is 14.4. The van der Waals surface area contributed by atoms with Crippen molar-refractivity contribution < 1.29 is 28.7 Å². The quantitative estimate of drug-likeness (QED) is 0.628. The van der Waals surface area contributed by atoms with Crippen molar-refractivity contribution in [1.29, 1.82) is 0 Å². The van der Waals surface area contributed by atoms with Gasteiger partial charge >= 0.3 is 5.97 Å². The van der Waals surface area contributed by atoms with E-state index in [1.165, 1.54) is 18.2 Å². The van der Waals surface area contributed by atoms with E-state index in [1.807, 2.05) is 0 Å². The van der Waals surface area contributed by atoms with Crippen LogP contribution in [0.15, 0.2) is 47.6 Å². The maximum atomic E-state index is 12.7. The molecule has 9 nitrogen and oxygen atoms in total. The van der Waals surface area contributed by atoms with E-state index < -0.39 is 18.5 Å². The molecule has 0 atom stereocenters. The first-order valence-corrected chi connectivity index (χ1v) is 9.09. The molecule has 30 heavy (non-hydrogen) atoms. The second-order valence-corrected chi connectivity index (χ2v) is 6.68. The van der Waals surface area contributed by atoms with Crippen molar-refractivity contribution in [3.05, 3.63) is 64.7 Å². The van der Waals surface area contributed by atoms with Gasteiger partial charge < -0.3 is 10.1 Å². The Morgan fingerprint density at radius 1 is 0.933 bits per heavy atom. The number of nitrogens with one attached hydrogen (secondary N) is 2. The molecule has 0 aromatic heterocycles. The fourth-order valence-corrected chi connectivity index (χ4v) is 3.21. The maximum absolute atomic E-state index is 12.7. The molecule has 150 valence electrons. The molecule has 2 aromatic carbocycles. The van der Waals surface area contributed by atoms with E-state index in [1.54, 1.807) is 24.3 Å². The van der Waals surface area contributed by atoms with Crippen molar-refractivity contribution >= 4 is 40.7 Å². The highest BCUT2D eigenvalue weighted by Crippen LogP contribution is 2.29. The monoisotopic (exact) mass is 405 g/mol. The van der Waals surface area contributed by atoms with E-state index in [2.05, 4.69) is 15.8 Å². The molecule has 1 heterocycles. The topological polar surface area (TPSA) is 131 Å². The highest BCUT2D eigenvalue weighted by atomic mass is 16.5. The molecule has 0 bridgehead atoms. The molecule has 9 heteroatoms. The summed E-state index contributed by atoms with van der Waals surface area (Å²) in [6.07, 6.45) is 0.250. The normalized spacial score (nSPS) is 14.8.